The summed E-state index contributed by atoms with van der Waals surface area (Å²) >= 11 is 0. The average molecular weight is 541 g/mol. The van der Waals surface area contributed by atoms with Gasteiger partial charge in [-0.3, -0.25) is 4.72 Å². The first-order valence-corrected chi connectivity index (χ1v) is 13.7. The van der Waals surface area contributed by atoms with E-state index >= 15 is 0 Å². The van der Waals surface area contributed by atoms with Gasteiger partial charge >= 0.3 is 12.1 Å². The molecule has 7 nitrogen and oxygen atoms in total. The van der Waals surface area contributed by atoms with Gasteiger partial charge in [-0.1, -0.05) is 38.8 Å². The predicted molar refractivity (Wildman–Crippen MR) is 132 cm³/mol. The highest BCUT2D eigenvalue weighted by Gasteiger charge is 2.40. The second-order valence-electron chi connectivity index (χ2n) is 9.22. The summed E-state index contributed by atoms with van der Waals surface area (Å²) in [5.74, 6) is -0.417. The number of nitrogens with zero attached hydrogens (tertiary/aromatic N) is 1. The summed E-state index contributed by atoms with van der Waals surface area (Å²) in [6.07, 6.45) is 0.535. The van der Waals surface area contributed by atoms with E-state index in [-0.39, 0.29) is 17.0 Å². The molecule has 0 aliphatic carbocycles. The molecule has 1 aromatic carbocycles. The molecule has 1 aliphatic rings. The zero-order valence-corrected chi connectivity index (χ0v) is 21.6. The molecule has 202 valence electrons. The largest absolute Gasteiger partial charge is 0.512 e. The summed E-state index contributed by atoms with van der Waals surface area (Å²) < 4.78 is 71.4. The van der Waals surface area contributed by atoms with Gasteiger partial charge in [-0.2, -0.15) is 21.6 Å². The van der Waals surface area contributed by atoms with Crippen LogP contribution >= 0.6 is 0 Å². The third-order valence-electron chi connectivity index (χ3n) is 6.22. The Morgan fingerprint density at radius 3 is 2.38 bits per heavy atom. The number of aliphatic hydroxyl groups is 1. The summed E-state index contributed by atoms with van der Waals surface area (Å²) in [7, 11) is -4.20. The number of anilines is 1. The Morgan fingerprint density at radius 1 is 1.11 bits per heavy atom. The highest BCUT2D eigenvalue weighted by Crippen LogP contribution is 2.37. The smallest absolute Gasteiger partial charge is 0.417 e. The molecule has 0 amide bonds. The lowest BCUT2D eigenvalue weighted by molar-refractivity contribution is -0.161. The molecule has 0 fully saturated rings. The summed E-state index contributed by atoms with van der Waals surface area (Å²) in [6, 6.07) is 8.00. The van der Waals surface area contributed by atoms with Gasteiger partial charge in [-0.05, 0) is 61.9 Å². The minimum atomic E-state index is -4.62. The van der Waals surface area contributed by atoms with Crippen LogP contribution in [0.25, 0.3) is 0 Å². The van der Waals surface area contributed by atoms with Gasteiger partial charge in [-0.25, -0.2) is 9.78 Å². The standard InChI is InChI=1S/C26H31F3N2O5S/c1-3-13-25(14-4-2)16-22(32)21(24(33)36-25)10-6-8-18-7-5-9-20(15-18)31-37(34,35)23-12-11-19(17-30-23)26(27,28)29/h5,7,9,11-12,15,17,31-32H,3-4,6,8,10,13-14,16H2,1-2H3. The number of carbonyl (C=O) groups excluding carboxylic acids is 1. The number of hydrogen-bond acceptors (Lipinski definition) is 6. The van der Waals surface area contributed by atoms with Crippen LogP contribution in [0, 0.1) is 0 Å². The molecule has 0 radical (unpaired) electrons. The Hall–Kier alpha value is -3.08. The molecule has 0 saturated heterocycles. The second kappa shape index (κ2) is 11.5. The Labute approximate surface area is 214 Å². The Kier molecular flexibility index (Phi) is 8.88. The summed E-state index contributed by atoms with van der Waals surface area (Å²) in [6.45, 7) is 4.02. The van der Waals surface area contributed by atoms with Crippen molar-refractivity contribution in [3.63, 3.8) is 0 Å². The zero-order valence-electron chi connectivity index (χ0n) is 20.8. The quantitative estimate of drug-likeness (QED) is 0.323. The number of hydrogen-bond donors (Lipinski definition) is 2. The fourth-order valence-electron chi connectivity index (χ4n) is 4.56. The normalized spacial score (nSPS) is 16.0. The number of esters is 1. The van der Waals surface area contributed by atoms with Crippen molar-refractivity contribution < 1.29 is 36.2 Å². The fourth-order valence-corrected chi connectivity index (χ4v) is 5.54. The minimum absolute atomic E-state index is 0.0729. The number of sulfonamides is 1. The predicted octanol–water partition coefficient (Wildman–Crippen LogP) is 6.32. The van der Waals surface area contributed by atoms with Crippen LogP contribution in [0.1, 0.15) is 69.9 Å². The van der Waals surface area contributed by atoms with E-state index in [9.17, 15) is 31.5 Å². The molecule has 3 rings (SSSR count). The molecule has 0 spiro atoms. The van der Waals surface area contributed by atoms with E-state index in [1.54, 1.807) is 18.2 Å². The molecule has 37 heavy (non-hydrogen) atoms. The number of halogens is 3. The van der Waals surface area contributed by atoms with E-state index in [1.807, 2.05) is 13.8 Å². The molecule has 2 N–H and O–H groups in total. The van der Waals surface area contributed by atoms with Crippen LogP contribution in [-0.2, 0) is 32.2 Å². The molecule has 0 unspecified atom stereocenters. The molecular formula is C26H31F3N2O5S. The lowest BCUT2D eigenvalue weighted by Crippen LogP contribution is -2.40. The maximum Gasteiger partial charge on any atom is 0.417 e. The number of aliphatic hydroxyl groups excluding tert-OH is 1. The van der Waals surface area contributed by atoms with E-state index in [4.69, 9.17) is 4.74 Å². The number of cyclic esters (lactones) is 1. The SMILES string of the molecule is CCCC1(CCC)CC(O)=C(CCCc2cccc(NS(=O)(=O)c3ccc(C(F)(F)F)cn3)c2)C(=O)O1. The van der Waals surface area contributed by atoms with Crippen molar-refractivity contribution in [1.29, 1.82) is 0 Å². The van der Waals surface area contributed by atoms with Crippen LogP contribution in [0.15, 0.2) is 59.0 Å². The zero-order chi connectivity index (χ0) is 27.3. The van der Waals surface area contributed by atoms with Gasteiger partial charge in [0.05, 0.1) is 11.1 Å². The van der Waals surface area contributed by atoms with Crippen LogP contribution in [-0.4, -0.2) is 30.1 Å². The molecule has 1 aliphatic heterocycles. The maximum atomic E-state index is 12.7. The Morgan fingerprint density at radius 2 is 1.81 bits per heavy atom. The molecule has 0 bridgehead atoms. The molecule has 11 heteroatoms. The minimum Gasteiger partial charge on any atom is -0.512 e. The number of aryl methyl sites for hydroxylation is 1. The summed E-state index contributed by atoms with van der Waals surface area (Å²) in [4.78, 5) is 16.1. The van der Waals surface area contributed by atoms with Crippen molar-refractivity contribution in [3.8, 4) is 0 Å². The van der Waals surface area contributed by atoms with E-state index in [0.717, 1.165) is 24.5 Å². The van der Waals surface area contributed by atoms with Gasteiger partial charge in [0.15, 0.2) is 5.03 Å². The Balaban J connectivity index is 1.64. The summed E-state index contributed by atoms with van der Waals surface area (Å²) in [5.41, 5.74) is -0.425. The van der Waals surface area contributed by atoms with Gasteiger partial charge in [0.2, 0.25) is 0 Å². The van der Waals surface area contributed by atoms with Crippen molar-refractivity contribution in [1.82, 2.24) is 4.98 Å². The molecule has 1 aromatic heterocycles. The van der Waals surface area contributed by atoms with E-state index < -0.39 is 38.4 Å². The number of carbonyl (C=O) groups is 1. The number of benzene rings is 1. The van der Waals surface area contributed by atoms with Crippen molar-refractivity contribution in [2.45, 2.75) is 82.0 Å². The van der Waals surface area contributed by atoms with Crippen LogP contribution in [0.2, 0.25) is 0 Å². The maximum absolute atomic E-state index is 12.7. The lowest BCUT2D eigenvalue weighted by atomic mass is 9.84. The number of rotatable bonds is 11. The van der Waals surface area contributed by atoms with Crippen molar-refractivity contribution in [3.05, 3.63) is 65.1 Å². The van der Waals surface area contributed by atoms with Gasteiger partial charge in [0, 0.05) is 18.3 Å². The lowest BCUT2D eigenvalue weighted by Gasteiger charge is -2.37. The molecular weight excluding hydrogens is 509 g/mol. The number of ether oxygens (including phenoxy) is 1. The third-order valence-corrected chi connectivity index (χ3v) is 7.51. The first-order valence-electron chi connectivity index (χ1n) is 12.2. The molecule has 0 atom stereocenters. The second-order valence-corrected chi connectivity index (χ2v) is 10.8. The molecule has 2 aromatic rings. The number of aromatic nitrogens is 1. The van der Waals surface area contributed by atoms with Crippen molar-refractivity contribution in [2.24, 2.45) is 0 Å². The van der Waals surface area contributed by atoms with Crippen LogP contribution < -0.4 is 4.72 Å². The van der Waals surface area contributed by atoms with Gasteiger partial charge < -0.3 is 9.84 Å². The first-order chi connectivity index (χ1) is 17.4. The third kappa shape index (κ3) is 7.24. The van der Waals surface area contributed by atoms with Crippen LogP contribution in [0.3, 0.4) is 0 Å². The number of pyridine rings is 1. The molecule has 0 saturated carbocycles. The number of alkyl halides is 3. The monoisotopic (exact) mass is 540 g/mol. The van der Waals surface area contributed by atoms with Crippen LogP contribution in [0.5, 0.6) is 0 Å². The fraction of sp³-hybridized carbons (Fsp3) is 0.462. The van der Waals surface area contributed by atoms with Gasteiger partial charge in [0.1, 0.15) is 11.4 Å². The van der Waals surface area contributed by atoms with Crippen molar-refractivity contribution in [2.75, 3.05) is 4.72 Å². The van der Waals surface area contributed by atoms with Gasteiger partial charge in [-0.15, -0.1) is 0 Å². The average Bonchev–Trinajstić information content (AvgIpc) is 2.81. The van der Waals surface area contributed by atoms with E-state index in [0.29, 0.717) is 50.8 Å². The Bertz CT molecular complexity index is 1240. The van der Waals surface area contributed by atoms with E-state index in [2.05, 4.69) is 9.71 Å². The highest BCUT2D eigenvalue weighted by atomic mass is 32.2. The topological polar surface area (TPSA) is 106 Å². The number of nitrogens with one attached hydrogen (secondary N) is 1. The van der Waals surface area contributed by atoms with Gasteiger partial charge in [0.25, 0.3) is 10.0 Å². The van der Waals surface area contributed by atoms with Crippen molar-refractivity contribution >= 4 is 21.7 Å². The van der Waals surface area contributed by atoms with E-state index in [1.165, 1.54) is 6.07 Å². The molecule has 2 heterocycles. The van der Waals surface area contributed by atoms with Crippen LogP contribution in [0.4, 0.5) is 18.9 Å². The summed E-state index contributed by atoms with van der Waals surface area (Å²) in [5, 5.41) is 10.1. The highest BCUT2D eigenvalue weighted by molar-refractivity contribution is 7.92. The first kappa shape index (κ1) is 28.5.